The number of nitrogens with zero attached hydrogens (tertiary/aromatic N) is 1. The minimum Gasteiger partial charge on any atom is -0.496 e. The third kappa shape index (κ3) is 4.63. The van der Waals surface area contributed by atoms with Crippen molar-refractivity contribution in [2.45, 2.75) is 31.7 Å². The van der Waals surface area contributed by atoms with Crippen molar-refractivity contribution in [2.75, 3.05) is 26.7 Å². The van der Waals surface area contributed by atoms with Crippen LogP contribution in [0.1, 0.15) is 36.6 Å². The van der Waals surface area contributed by atoms with Gasteiger partial charge in [0, 0.05) is 13.0 Å². The highest BCUT2D eigenvalue weighted by atomic mass is 16.5. The summed E-state index contributed by atoms with van der Waals surface area (Å²) < 4.78 is 10.9. The number of furan rings is 1. The van der Waals surface area contributed by atoms with Gasteiger partial charge in [-0.25, -0.2) is 0 Å². The molecular weight excluding hydrogens is 316 g/mol. The van der Waals surface area contributed by atoms with E-state index in [1.807, 2.05) is 36.4 Å². The van der Waals surface area contributed by atoms with Crippen LogP contribution in [0.15, 0.2) is 47.1 Å². The number of nitrogens with one attached hydrogen (secondary N) is 1. The van der Waals surface area contributed by atoms with Gasteiger partial charge in [-0.2, -0.15) is 0 Å². The molecule has 5 nitrogen and oxygen atoms in total. The number of amides is 1. The summed E-state index contributed by atoms with van der Waals surface area (Å²) in [6.45, 7) is 2.70. The van der Waals surface area contributed by atoms with E-state index >= 15 is 0 Å². The molecule has 1 N–H and O–H groups in total. The molecule has 1 amide bonds. The second-order valence-electron chi connectivity index (χ2n) is 6.39. The molecule has 1 aromatic carbocycles. The second-order valence-corrected chi connectivity index (χ2v) is 6.39. The Balaban J connectivity index is 1.53. The van der Waals surface area contributed by atoms with Crippen molar-refractivity contribution in [3.05, 3.63) is 54.0 Å². The summed E-state index contributed by atoms with van der Waals surface area (Å²) in [4.78, 5) is 14.7. The van der Waals surface area contributed by atoms with Gasteiger partial charge in [0.25, 0.3) is 0 Å². The van der Waals surface area contributed by atoms with E-state index in [1.54, 1.807) is 13.4 Å². The highest BCUT2D eigenvalue weighted by molar-refractivity contribution is 5.76. The molecule has 2 aromatic rings. The van der Waals surface area contributed by atoms with Gasteiger partial charge < -0.3 is 14.5 Å². The van der Waals surface area contributed by atoms with Gasteiger partial charge >= 0.3 is 0 Å². The first-order valence-corrected chi connectivity index (χ1v) is 8.94. The third-order valence-corrected chi connectivity index (χ3v) is 4.76. The number of ether oxygens (including phenoxy) is 1. The quantitative estimate of drug-likeness (QED) is 0.800. The number of hydrogen-bond donors (Lipinski definition) is 1. The lowest BCUT2D eigenvalue weighted by Gasteiger charge is -2.26. The predicted octanol–water partition coefficient (Wildman–Crippen LogP) is 3.17. The van der Waals surface area contributed by atoms with Gasteiger partial charge in [0.05, 0.1) is 19.4 Å². The number of aryl methyl sites for hydroxylation is 1. The van der Waals surface area contributed by atoms with Crippen LogP contribution in [0, 0.1) is 0 Å². The summed E-state index contributed by atoms with van der Waals surface area (Å²) in [6.07, 6.45) is 5.23. The number of benzene rings is 1. The maximum absolute atomic E-state index is 12.3. The minimum atomic E-state index is 0.0571. The molecule has 3 rings (SSSR count). The molecule has 1 aliphatic heterocycles. The van der Waals surface area contributed by atoms with Gasteiger partial charge in [0.1, 0.15) is 11.5 Å². The molecule has 1 unspecified atom stereocenters. The molecule has 1 aliphatic rings. The Labute approximate surface area is 149 Å². The summed E-state index contributed by atoms with van der Waals surface area (Å²) in [7, 11) is 1.66. The molecule has 134 valence electrons. The van der Waals surface area contributed by atoms with Crippen LogP contribution in [0.3, 0.4) is 0 Å². The molecule has 0 bridgehead atoms. The number of methoxy groups -OCH3 is 1. The Morgan fingerprint density at radius 3 is 2.76 bits per heavy atom. The van der Waals surface area contributed by atoms with Crippen LogP contribution >= 0.6 is 0 Å². The fourth-order valence-corrected chi connectivity index (χ4v) is 3.40. The molecule has 2 heterocycles. The van der Waals surface area contributed by atoms with Crippen molar-refractivity contribution in [3.63, 3.8) is 0 Å². The molecule has 5 heteroatoms. The maximum atomic E-state index is 12.3. The molecule has 1 atom stereocenters. The highest BCUT2D eigenvalue weighted by Crippen LogP contribution is 2.25. The Morgan fingerprint density at radius 2 is 2.04 bits per heavy atom. The number of carbonyl (C=O) groups excluding carboxylic acids is 1. The fourth-order valence-electron chi connectivity index (χ4n) is 3.40. The van der Waals surface area contributed by atoms with Crippen molar-refractivity contribution >= 4 is 5.91 Å². The van der Waals surface area contributed by atoms with Crippen LogP contribution in [0.25, 0.3) is 0 Å². The normalized spacial score (nSPS) is 15.9. The van der Waals surface area contributed by atoms with Gasteiger partial charge in [-0.1, -0.05) is 18.2 Å². The summed E-state index contributed by atoms with van der Waals surface area (Å²) in [6, 6.07) is 11.8. The second kappa shape index (κ2) is 8.72. The van der Waals surface area contributed by atoms with E-state index < -0.39 is 0 Å². The van der Waals surface area contributed by atoms with Gasteiger partial charge in [-0.15, -0.1) is 0 Å². The Hall–Kier alpha value is -2.27. The molecule has 25 heavy (non-hydrogen) atoms. The van der Waals surface area contributed by atoms with Crippen LogP contribution in [-0.2, 0) is 11.2 Å². The first-order valence-electron chi connectivity index (χ1n) is 8.94. The monoisotopic (exact) mass is 342 g/mol. The number of carbonyl (C=O) groups is 1. The van der Waals surface area contributed by atoms with E-state index in [1.165, 1.54) is 12.8 Å². The minimum absolute atomic E-state index is 0.0571. The zero-order valence-corrected chi connectivity index (χ0v) is 14.7. The van der Waals surface area contributed by atoms with Gasteiger partial charge in [0.15, 0.2) is 0 Å². The number of rotatable bonds is 8. The Bertz CT molecular complexity index is 663. The molecular formula is C20H26N2O3. The molecule has 1 aromatic heterocycles. The van der Waals surface area contributed by atoms with E-state index in [0.29, 0.717) is 19.4 Å². The van der Waals surface area contributed by atoms with E-state index in [2.05, 4.69) is 10.2 Å². The topological polar surface area (TPSA) is 54.7 Å². The first-order chi connectivity index (χ1) is 12.3. The van der Waals surface area contributed by atoms with Crippen molar-refractivity contribution in [1.82, 2.24) is 10.2 Å². The predicted molar refractivity (Wildman–Crippen MR) is 96.6 cm³/mol. The average molecular weight is 342 g/mol. The lowest BCUT2D eigenvalue weighted by atomic mass is 10.1. The van der Waals surface area contributed by atoms with Gasteiger partial charge in [0.2, 0.25) is 5.91 Å². The zero-order chi connectivity index (χ0) is 17.5. The molecule has 0 saturated carbocycles. The van der Waals surface area contributed by atoms with Gasteiger partial charge in [-0.3, -0.25) is 9.69 Å². The third-order valence-electron chi connectivity index (χ3n) is 4.76. The molecule has 1 fully saturated rings. The maximum Gasteiger partial charge on any atom is 0.220 e. The average Bonchev–Trinajstić information content (AvgIpc) is 3.35. The van der Waals surface area contributed by atoms with Crippen LogP contribution in [0.4, 0.5) is 0 Å². The Kier molecular flexibility index (Phi) is 6.12. The fraction of sp³-hybridized carbons (Fsp3) is 0.450. The summed E-state index contributed by atoms with van der Waals surface area (Å²) >= 11 is 0. The molecule has 0 radical (unpaired) electrons. The summed E-state index contributed by atoms with van der Waals surface area (Å²) in [5, 5.41) is 3.07. The number of para-hydroxylation sites is 1. The first kappa shape index (κ1) is 17.5. The Morgan fingerprint density at radius 1 is 1.24 bits per heavy atom. The summed E-state index contributed by atoms with van der Waals surface area (Å²) in [5.74, 6) is 1.81. The van der Waals surface area contributed by atoms with Crippen molar-refractivity contribution < 1.29 is 13.9 Å². The SMILES string of the molecule is COc1ccccc1CCC(=O)NCC(c1ccco1)N1CCCC1. The van der Waals surface area contributed by atoms with Crippen molar-refractivity contribution in [2.24, 2.45) is 0 Å². The largest absolute Gasteiger partial charge is 0.496 e. The summed E-state index contributed by atoms with van der Waals surface area (Å²) in [5.41, 5.74) is 1.06. The number of hydrogen-bond acceptors (Lipinski definition) is 4. The smallest absolute Gasteiger partial charge is 0.220 e. The van der Waals surface area contributed by atoms with Crippen molar-refractivity contribution in [1.29, 1.82) is 0 Å². The molecule has 0 aliphatic carbocycles. The van der Waals surface area contributed by atoms with E-state index in [-0.39, 0.29) is 11.9 Å². The lowest BCUT2D eigenvalue weighted by Crippen LogP contribution is -2.36. The highest BCUT2D eigenvalue weighted by Gasteiger charge is 2.25. The van der Waals surface area contributed by atoms with Crippen LogP contribution in [0.2, 0.25) is 0 Å². The molecule has 1 saturated heterocycles. The van der Waals surface area contributed by atoms with E-state index in [4.69, 9.17) is 9.15 Å². The van der Waals surface area contributed by atoms with Gasteiger partial charge in [-0.05, 0) is 56.1 Å². The lowest BCUT2D eigenvalue weighted by molar-refractivity contribution is -0.121. The van der Waals surface area contributed by atoms with E-state index in [9.17, 15) is 4.79 Å². The van der Waals surface area contributed by atoms with Crippen LogP contribution < -0.4 is 10.1 Å². The molecule has 0 spiro atoms. The van der Waals surface area contributed by atoms with Crippen molar-refractivity contribution in [3.8, 4) is 5.75 Å². The number of likely N-dealkylation sites (tertiary alicyclic amines) is 1. The van der Waals surface area contributed by atoms with E-state index in [0.717, 1.165) is 30.2 Å². The van der Waals surface area contributed by atoms with Crippen LogP contribution in [0.5, 0.6) is 5.75 Å². The zero-order valence-electron chi connectivity index (χ0n) is 14.7. The van der Waals surface area contributed by atoms with Crippen LogP contribution in [-0.4, -0.2) is 37.6 Å². The standard InChI is InChI=1S/C20H26N2O3/c1-24-18-8-3-2-7-16(18)10-11-20(23)21-15-17(19-9-6-14-25-19)22-12-4-5-13-22/h2-3,6-9,14,17H,4-5,10-13,15H2,1H3,(H,21,23).